The second-order valence-corrected chi connectivity index (χ2v) is 4.14. The lowest BCUT2D eigenvalue weighted by molar-refractivity contribution is 0.795. The van der Waals surface area contributed by atoms with Gasteiger partial charge in [0.1, 0.15) is 5.82 Å². The number of anilines is 2. The second-order valence-electron chi connectivity index (χ2n) is 4.14. The Morgan fingerprint density at radius 2 is 1.88 bits per heavy atom. The molecule has 0 aliphatic heterocycles. The van der Waals surface area contributed by atoms with Crippen LogP contribution in [0.15, 0.2) is 48.7 Å². The van der Waals surface area contributed by atoms with E-state index in [0.717, 1.165) is 11.5 Å². The summed E-state index contributed by atoms with van der Waals surface area (Å²) in [6.45, 7) is 2.22. The van der Waals surface area contributed by atoms with E-state index in [-0.39, 0.29) is 0 Å². The fourth-order valence-electron chi connectivity index (χ4n) is 1.72. The lowest BCUT2D eigenvalue weighted by atomic mass is 10.1. The average Bonchev–Trinajstić information content (AvgIpc) is 2.39. The Bertz CT molecular complexity index is 434. The molecule has 0 radical (unpaired) electrons. The van der Waals surface area contributed by atoms with Gasteiger partial charge in [0.15, 0.2) is 0 Å². The van der Waals surface area contributed by atoms with Crippen molar-refractivity contribution in [3.8, 4) is 0 Å². The largest absolute Gasteiger partial charge is 0.340 e. The van der Waals surface area contributed by atoms with Gasteiger partial charge in [-0.25, -0.2) is 4.98 Å². The van der Waals surface area contributed by atoms with Crippen molar-refractivity contribution in [3.63, 3.8) is 0 Å². The Kier molecular flexibility index (Phi) is 4.14. The van der Waals surface area contributed by atoms with E-state index in [2.05, 4.69) is 41.5 Å². The molecule has 0 atom stereocenters. The molecule has 2 heteroatoms. The standard InChI is InChI=1S/C15H18N2/c1-2-3-6-13-8-10-14(11-9-13)17-15-7-4-5-12-16-15/h4-5,7-12H,2-3,6H2,1H3,(H,16,17). The zero-order chi connectivity index (χ0) is 11.9. The van der Waals surface area contributed by atoms with Crippen LogP contribution in [-0.2, 0) is 6.42 Å². The molecule has 0 amide bonds. The number of hydrogen-bond acceptors (Lipinski definition) is 2. The van der Waals surface area contributed by atoms with Crippen molar-refractivity contribution in [2.24, 2.45) is 0 Å². The van der Waals surface area contributed by atoms with Gasteiger partial charge in [-0.2, -0.15) is 0 Å². The van der Waals surface area contributed by atoms with Crippen molar-refractivity contribution in [1.29, 1.82) is 0 Å². The summed E-state index contributed by atoms with van der Waals surface area (Å²) in [6.07, 6.45) is 5.46. The van der Waals surface area contributed by atoms with Crippen molar-refractivity contribution in [2.75, 3.05) is 5.32 Å². The summed E-state index contributed by atoms with van der Waals surface area (Å²) in [7, 11) is 0. The van der Waals surface area contributed by atoms with E-state index in [4.69, 9.17) is 0 Å². The lowest BCUT2D eigenvalue weighted by Crippen LogP contribution is -1.93. The van der Waals surface area contributed by atoms with Crippen LogP contribution >= 0.6 is 0 Å². The minimum Gasteiger partial charge on any atom is -0.340 e. The van der Waals surface area contributed by atoms with E-state index in [1.807, 2.05) is 18.2 Å². The monoisotopic (exact) mass is 226 g/mol. The summed E-state index contributed by atoms with van der Waals surface area (Å²) in [5.74, 6) is 0.883. The van der Waals surface area contributed by atoms with Crippen molar-refractivity contribution in [2.45, 2.75) is 26.2 Å². The first kappa shape index (κ1) is 11.6. The van der Waals surface area contributed by atoms with Crippen LogP contribution in [0.5, 0.6) is 0 Å². The maximum atomic E-state index is 4.23. The number of nitrogens with zero attached hydrogens (tertiary/aromatic N) is 1. The van der Waals surface area contributed by atoms with Crippen LogP contribution in [0.1, 0.15) is 25.3 Å². The molecule has 2 rings (SSSR count). The summed E-state index contributed by atoms with van der Waals surface area (Å²) < 4.78 is 0. The first-order valence-corrected chi connectivity index (χ1v) is 6.15. The maximum Gasteiger partial charge on any atom is 0.130 e. The summed E-state index contributed by atoms with van der Waals surface area (Å²) in [6, 6.07) is 14.4. The Hall–Kier alpha value is -1.83. The molecular weight excluding hydrogens is 208 g/mol. The second kappa shape index (κ2) is 6.04. The van der Waals surface area contributed by atoms with Crippen LogP contribution in [0.3, 0.4) is 0 Å². The fourth-order valence-corrected chi connectivity index (χ4v) is 1.72. The fraction of sp³-hybridized carbons (Fsp3) is 0.267. The molecule has 1 heterocycles. The van der Waals surface area contributed by atoms with Gasteiger partial charge in [0.25, 0.3) is 0 Å². The smallest absolute Gasteiger partial charge is 0.130 e. The number of aryl methyl sites for hydroxylation is 1. The minimum absolute atomic E-state index is 0.883. The molecule has 1 N–H and O–H groups in total. The molecule has 1 aromatic heterocycles. The number of nitrogens with one attached hydrogen (secondary N) is 1. The lowest BCUT2D eigenvalue weighted by Gasteiger charge is -2.06. The minimum atomic E-state index is 0.883. The molecule has 0 aliphatic rings. The highest BCUT2D eigenvalue weighted by molar-refractivity contribution is 5.56. The predicted molar refractivity (Wildman–Crippen MR) is 72.6 cm³/mol. The van der Waals surface area contributed by atoms with Gasteiger partial charge in [-0.3, -0.25) is 0 Å². The van der Waals surface area contributed by atoms with Crippen LogP contribution < -0.4 is 5.32 Å². The molecule has 2 nitrogen and oxygen atoms in total. The van der Waals surface area contributed by atoms with Crippen molar-refractivity contribution in [1.82, 2.24) is 4.98 Å². The zero-order valence-corrected chi connectivity index (χ0v) is 10.2. The highest BCUT2D eigenvalue weighted by atomic mass is 15.0. The number of pyridine rings is 1. The Labute approximate surface area is 103 Å². The van der Waals surface area contributed by atoms with Crippen molar-refractivity contribution >= 4 is 11.5 Å². The number of unbranched alkanes of at least 4 members (excludes halogenated alkanes) is 1. The Balaban J connectivity index is 1.98. The highest BCUT2D eigenvalue weighted by Gasteiger charge is 1.96. The SMILES string of the molecule is CCCCc1ccc(Nc2ccccn2)cc1. The quantitative estimate of drug-likeness (QED) is 0.827. The van der Waals surface area contributed by atoms with E-state index in [1.165, 1.54) is 24.8 Å². The van der Waals surface area contributed by atoms with Gasteiger partial charge in [-0.1, -0.05) is 31.5 Å². The van der Waals surface area contributed by atoms with Crippen LogP contribution in [0, 0.1) is 0 Å². The molecule has 0 bridgehead atoms. The Morgan fingerprint density at radius 3 is 2.53 bits per heavy atom. The van der Waals surface area contributed by atoms with Gasteiger partial charge < -0.3 is 5.32 Å². The summed E-state index contributed by atoms with van der Waals surface area (Å²) >= 11 is 0. The number of aromatic nitrogens is 1. The topological polar surface area (TPSA) is 24.9 Å². The number of benzene rings is 1. The van der Waals surface area contributed by atoms with E-state index in [9.17, 15) is 0 Å². The summed E-state index contributed by atoms with van der Waals surface area (Å²) in [5.41, 5.74) is 2.49. The average molecular weight is 226 g/mol. The first-order valence-electron chi connectivity index (χ1n) is 6.15. The van der Waals surface area contributed by atoms with Crippen molar-refractivity contribution < 1.29 is 0 Å². The van der Waals surface area contributed by atoms with E-state index < -0.39 is 0 Å². The van der Waals surface area contributed by atoms with Gasteiger partial charge in [-0.05, 0) is 42.7 Å². The molecule has 2 aromatic rings. The van der Waals surface area contributed by atoms with Crippen LogP contribution in [-0.4, -0.2) is 4.98 Å². The number of rotatable bonds is 5. The third kappa shape index (κ3) is 3.59. The molecule has 0 fully saturated rings. The van der Waals surface area contributed by atoms with E-state index in [1.54, 1.807) is 6.20 Å². The normalized spacial score (nSPS) is 10.2. The molecule has 0 unspecified atom stereocenters. The molecule has 1 aromatic carbocycles. The molecule has 0 saturated heterocycles. The Morgan fingerprint density at radius 1 is 1.06 bits per heavy atom. The van der Waals surface area contributed by atoms with Crippen LogP contribution in [0.4, 0.5) is 11.5 Å². The van der Waals surface area contributed by atoms with Crippen LogP contribution in [0.2, 0.25) is 0 Å². The highest BCUT2D eigenvalue weighted by Crippen LogP contribution is 2.15. The van der Waals surface area contributed by atoms with E-state index in [0.29, 0.717) is 0 Å². The van der Waals surface area contributed by atoms with E-state index >= 15 is 0 Å². The molecule has 0 saturated carbocycles. The molecular formula is C15H18N2. The predicted octanol–water partition coefficient (Wildman–Crippen LogP) is 4.17. The third-order valence-corrected chi connectivity index (χ3v) is 2.71. The molecule has 17 heavy (non-hydrogen) atoms. The van der Waals surface area contributed by atoms with Gasteiger partial charge in [0, 0.05) is 11.9 Å². The van der Waals surface area contributed by atoms with Crippen molar-refractivity contribution in [3.05, 3.63) is 54.2 Å². The first-order chi connectivity index (χ1) is 8.38. The molecule has 88 valence electrons. The van der Waals surface area contributed by atoms with Crippen LogP contribution in [0.25, 0.3) is 0 Å². The van der Waals surface area contributed by atoms with Gasteiger partial charge >= 0.3 is 0 Å². The zero-order valence-electron chi connectivity index (χ0n) is 10.2. The van der Waals surface area contributed by atoms with Gasteiger partial charge in [-0.15, -0.1) is 0 Å². The number of hydrogen-bond donors (Lipinski definition) is 1. The third-order valence-electron chi connectivity index (χ3n) is 2.71. The summed E-state index contributed by atoms with van der Waals surface area (Å²) in [4.78, 5) is 4.23. The van der Waals surface area contributed by atoms with Gasteiger partial charge in [0.2, 0.25) is 0 Å². The molecule has 0 aliphatic carbocycles. The molecule has 0 spiro atoms. The summed E-state index contributed by atoms with van der Waals surface area (Å²) in [5, 5.41) is 3.28. The maximum absolute atomic E-state index is 4.23. The van der Waals surface area contributed by atoms with Gasteiger partial charge in [0.05, 0.1) is 0 Å².